The van der Waals surface area contributed by atoms with E-state index in [4.69, 9.17) is 0 Å². The molecule has 0 spiro atoms. The molecule has 1 rings (SSSR count). The Hall–Kier alpha value is -1.78. The van der Waals surface area contributed by atoms with E-state index < -0.39 is 0 Å². The minimum Gasteiger partial charge on any atom is -0.387 e. The second kappa shape index (κ2) is 19.2. The first-order chi connectivity index (χ1) is 10.8. The quantitative estimate of drug-likeness (QED) is 0.479. The molecule has 0 unspecified atom stereocenters. The largest absolute Gasteiger partial charge is 0.387 e. The monoisotopic (exact) mass is 319 g/mol. The fourth-order valence-corrected chi connectivity index (χ4v) is 1.44. The standard InChI is InChI=1S/C9H13N.C8H14N2.CH2S/c1-10-8-7-9-5-3-2-4-6-9;1-4-5-6-8(10-3)7-9-2;1-2/h2-6,10H,7-8H2,1H3;4-7,10H,1-3H3;1H2/b;5-4-,8-6+,9-7?;. The lowest BCUT2D eigenvalue weighted by atomic mass is 10.2. The normalized spacial score (nSPS) is 10.6. The minimum atomic E-state index is 1.01. The summed E-state index contributed by atoms with van der Waals surface area (Å²) in [6.45, 7) is 3.04. The van der Waals surface area contributed by atoms with Crippen LogP contribution in [0.25, 0.3) is 0 Å². The van der Waals surface area contributed by atoms with Crippen LogP contribution in [0.2, 0.25) is 0 Å². The Morgan fingerprint density at radius 2 is 1.86 bits per heavy atom. The second-order valence-corrected chi connectivity index (χ2v) is 4.12. The predicted octanol–water partition coefficient (Wildman–Crippen LogP) is 3.43. The van der Waals surface area contributed by atoms with Crippen molar-refractivity contribution in [1.29, 1.82) is 0 Å². The first-order valence-electron chi connectivity index (χ1n) is 7.18. The molecule has 0 fully saturated rings. The summed E-state index contributed by atoms with van der Waals surface area (Å²) in [6.07, 6.45) is 8.80. The fourth-order valence-electron chi connectivity index (χ4n) is 1.44. The number of hydrogen-bond acceptors (Lipinski definition) is 4. The SMILES string of the molecule is C/C=C\C=C(/C=NC)NC.C=S.CNCCc1ccccc1. The number of allylic oxidation sites excluding steroid dienone is 4. The van der Waals surface area contributed by atoms with E-state index in [1.807, 2.05) is 45.3 Å². The van der Waals surface area contributed by atoms with Gasteiger partial charge < -0.3 is 10.6 Å². The van der Waals surface area contributed by atoms with Crippen LogP contribution in [0.3, 0.4) is 0 Å². The molecule has 122 valence electrons. The molecule has 0 radical (unpaired) electrons. The maximum absolute atomic E-state index is 3.87. The third-order valence-corrected chi connectivity index (χ3v) is 2.53. The van der Waals surface area contributed by atoms with Gasteiger partial charge in [0.05, 0.1) is 5.70 Å². The van der Waals surface area contributed by atoms with Gasteiger partial charge in [0, 0.05) is 20.3 Å². The fraction of sp³-hybridized carbons (Fsp3) is 0.333. The van der Waals surface area contributed by atoms with Gasteiger partial charge in [-0.15, -0.1) is 0 Å². The van der Waals surface area contributed by atoms with E-state index in [1.165, 1.54) is 5.56 Å². The van der Waals surface area contributed by atoms with E-state index in [0.717, 1.165) is 18.7 Å². The number of likely N-dealkylation sites (N-methyl/N-ethyl adjacent to an activating group) is 1. The molecule has 3 nitrogen and oxygen atoms in total. The van der Waals surface area contributed by atoms with Crippen LogP contribution in [0, 0.1) is 0 Å². The van der Waals surface area contributed by atoms with Crippen molar-refractivity contribution >= 4 is 24.3 Å². The molecule has 4 heteroatoms. The lowest BCUT2D eigenvalue weighted by Gasteiger charge is -1.97. The third kappa shape index (κ3) is 14.6. The van der Waals surface area contributed by atoms with Crippen molar-refractivity contribution < 1.29 is 0 Å². The molecule has 22 heavy (non-hydrogen) atoms. The Labute approximate surface area is 141 Å². The molecule has 0 aliphatic carbocycles. The van der Waals surface area contributed by atoms with Gasteiger partial charge in [-0.2, -0.15) is 0 Å². The molecule has 0 aliphatic rings. The number of benzene rings is 1. The maximum Gasteiger partial charge on any atom is 0.0518 e. The van der Waals surface area contributed by atoms with Crippen LogP contribution in [-0.2, 0) is 6.42 Å². The Morgan fingerprint density at radius 1 is 1.23 bits per heavy atom. The Morgan fingerprint density at radius 3 is 2.32 bits per heavy atom. The van der Waals surface area contributed by atoms with Gasteiger partial charge in [-0.3, -0.25) is 4.99 Å². The van der Waals surface area contributed by atoms with Crippen molar-refractivity contribution in [3.63, 3.8) is 0 Å². The second-order valence-electron chi connectivity index (χ2n) is 4.12. The summed E-state index contributed by atoms with van der Waals surface area (Å²) in [5.41, 5.74) is 2.41. The van der Waals surface area contributed by atoms with Crippen molar-refractivity contribution in [3.05, 3.63) is 59.8 Å². The van der Waals surface area contributed by atoms with Crippen molar-refractivity contribution in [1.82, 2.24) is 10.6 Å². The molecule has 0 saturated heterocycles. The lowest BCUT2D eigenvalue weighted by Crippen LogP contribution is -2.09. The van der Waals surface area contributed by atoms with E-state index >= 15 is 0 Å². The zero-order valence-corrected chi connectivity index (χ0v) is 15.0. The van der Waals surface area contributed by atoms with Crippen LogP contribution in [0.15, 0.2) is 59.2 Å². The third-order valence-electron chi connectivity index (χ3n) is 2.53. The molecule has 0 aromatic heterocycles. The van der Waals surface area contributed by atoms with Gasteiger partial charge >= 0.3 is 0 Å². The Kier molecular flexibility index (Phi) is 19.7. The van der Waals surface area contributed by atoms with Crippen molar-refractivity contribution in [2.24, 2.45) is 4.99 Å². The number of aliphatic imine (C=N–C) groups is 1. The highest BCUT2D eigenvalue weighted by atomic mass is 32.1. The molecule has 0 heterocycles. The highest BCUT2D eigenvalue weighted by Crippen LogP contribution is 1.97. The Bertz CT molecular complexity index is 425. The van der Waals surface area contributed by atoms with Crippen LogP contribution >= 0.6 is 12.2 Å². The van der Waals surface area contributed by atoms with Crippen LogP contribution in [0.4, 0.5) is 0 Å². The number of nitrogens with one attached hydrogen (secondary N) is 2. The summed E-state index contributed by atoms with van der Waals surface area (Å²) in [7, 11) is 5.60. The van der Waals surface area contributed by atoms with Gasteiger partial charge in [0.15, 0.2) is 0 Å². The molecule has 0 bridgehead atoms. The van der Waals surface area contributed by atoms with E-state index in [-0.39, 0.29) is 0 Å². The zero-order chi connectivity index (χ0) is 17.1. The number of hydrogen-bond donors (Lipinski definition) is 2. The summed E-state index contributed by atoms with van der Waals surface area (Å²) < 4.78 is 0. The highest BCUT2D eigenvalue weighted by Gasteiger charge is 1.86. The van der Waals surface area contributed by atoms with E-state index in [2.05, 4.69) is 58.0 Å². The van der Waals surface area contributed by atoms with Gasteiger partial charge in [-0.25, -0.2) is 0 Å². The summed E-state index contributed by atoms with van der Waals surface area (Å²) in [5, 5.41) is 6.11. The van der Waals surface area contributed by atoms with E-state index in [9.17, 15) is 0 Å². The van der Waals surface area contributed by atoms with Crippen LogP contribution in [-0.4, -0.2) is 39.8 Å². The van der Waals surface area contributed by atoms with Crippen molar-refractivity contribution in [2.75, 3.05) is 27.7 Å². The predicted molar refractivity (Wildman–Crippen MR) is 105 cm³/mol. The lowest BCUT2D eigenvalue weighted by molar-refractivity contribution is 0.792. The van der Waals surface area contributed by atoms with Gasteiger partial charge in [0.2, 0.25) is 0 Å². The summed E-state index contributed by atoms with van der Waals surface area (Å²) in [4.78, 5) is 3.87. The first kappa shape index (κ1) is 22.5. The maximum atomic E-state index is 3.87. The van der Waals surface area contributed by atoms with Gasteiger partial charge in [0.1, 0.15) is 0 Å². The van der Waals surface area contributed by atoms with Crippen LogP contribution < -0.4 is 10.6 Å². The van der Waals surface area contributed by atoms with Crippen molar-refractivity contribution in [3.8, 4) is 0 Å². The summed E-state index contributed by atoms with van der Waals surface area (Å²) in [6, 6.07) is 10.5. The molecule has 0 atom stereocenters. The van der Waals surface area contributed by atoms with Crippen LogP contribution in [0.5, 0.6) is 0 Å². The number of rotatable bonds is 6. The van der Waals surface area contributed by atoms with Gasteiger partial charge in [-0.05, 0) is 44.4 Å². The summed E-state index contributed by atoms with van der Waals surface area (Å²) >= 11 is 3.83. The number of nitrogens with zero attached hydrogens (tertiary/aromatic N) is 1. The number of thiocarbonyl (C=S) groups is 1. The average molecular weight is 320 g/mol. The van der Waals surface area contributed by atoms with Gasteiger partial charge in [0.25, 0.3) is 0 Å². The molecule has 1 aromatic rings. The molecule has 2 N–H and O–H groups in total. The molecule has 0 amide bonds. The molecular formula is C18H29N3S. The van der Waals surface area contributed by atoms with Crippen LogP contribution in [0.1, 0.15) is 12.5 Å². The van der Waals surface area contributed by atoms with E-state index in [1.54, 1.807) is 13.3 Å². The Balaban J connectivity index is 0. The van der Waals surface area contributed by atoms with E-state index in [0.29, 0.717) is 0 Å². The topological polar surface area (TPSA) is 36.4 Å². The molecule has 1 aromatic carbocycles. The minimum absolute atomic E-state index is 1.01. The first-order valence-corrected chi connectivity index (χ1v) is 7.76. The smallest absolute Gasteiger partial charge is 0.0518 e. The van der Waals surface area contributed by atoms with Crippen molar-refractivity contribution in [2.45, 2.75) is 13.3 Å². The zero-order valence-electron chi connectivity index (χ0n) is 14.2. The molecule has 0 aliphatic heterocycles. The molecular weight excluding hydrogens is 290 g/mol. The van der Waals surface area contributed by atoms with Gasteiger partial charge in [-0.1, -0.05) is 54.7 Å². The molecule has 0 saturated carbocycles. The highest BCUT2D eigenvalue weighted by molar-refractivity contribution is 7.77. The average Bonchev–Trinajstić information content (AvgIpc) is 2.60. The summed E-state index contributed by atoms with van der Waals surface area (Å²) in [5.74, 6) is 2.83.